The van der Waals surface area contributed by atoms with E-state index in [1.165, 1.54) is 11.3 Å². The average Bonchev–Trinajstić information content (AvgIpc) is 2.92. The third-order valence-electron chi connectivity index (χ3n) is 2.78. The van der Waals surface area contributed by atoms with Gasteiger partial charge in [-0.1, -0.05) is 6.92 Å². The van der Waals surface area contributed by atoms with E-state index in [-0.39, 0.29) is 0 Å². The lowest BCUT2D eigenvalue weighted by molar-refractivity contribution is 0.275. The Morgan fingerprint density at radius 3 is 2.83 bits per heavy atom. The molecule has 2 rings (SSSR count). The molecule has 0 aliphatic carbocycles. The zero-order valence-corrected chi connectivity index (χ0v) is 15.8. The van der Waals surface area contributed by atoms with Gasteiger partial charge in [0.25, 0.3) is 0 Å². The van der Waals surface area contributed by atoms with Crippen molar-refractivity contribution in [2.24, 2.45) is 5.10 Å². The van der Waals surface area contributed by atoms with Crippen LogP contribution in [0.4, 0.5) is 5.13 Å². The van der Waals surface area contributed by atoms with Crippen molar-refractivity contribution in [2.45, 2.75) is 27.2 Å². The van der Waals surface area contributed by atoms with E-state index >= 15 is 0 Å². The van der Waals surface area contributed by atoms with Gasteiger partial charge in [0.1, 0.15) is 0 Å². The number of nitrogens with zero attached hydrogens (tertiary/aromatic N) is 2. The molecular weight excluding hydrogens is 378 g/mol. The van der Waals surface area contributed by atoms with Crippen LogP contribution in [0.5, 0.6) is 11.5 Å². The van der Waals surface area contributed by atoms with Crippen molar-refractivity contribution >= 4 is 38.6 Å². The molecule has 124 valence electrons. The number of hydrogen-bond donors (Lipinski definition) is 1. The van der Waals surface area contributed by atoms with E-state index in [0.29, 0.717) is 19.0 Å². The van der Waals surface area contributed by atoms with E-state index in [9.17, 15) is 0 Å². The van der Waals surface area contributed by atoms with Gasteiger partial charge in [0.2, 0.25) is 5.13 Å². The topological polar surface area (TPSA) is 55.7 Å². The lowest BCUT2D eigenvalue weighted by Gasteiger charge is -2.14. The van der Waals surface area contributed by atoms with Crippen molar-refractivity contribution in [1.29, 1.82) is 0 Å². The summed E-state index contributed by atoms with van der Waals surface area (Å²) in [6.45, 7) is 7.20. The van der Waals surface area contributed by atoms with Crippen molar-refractivity contribution in [3.05, 3.63) is 33.2 Å². The van der Waals surface area contributed by atoms with Crippen molar-refractivity contribution in [2.75, 3.05) is 18.6 Å². The Morgan fingerprint density at radius 2 is 2.17 bits per heavy atom. The SMILES string of the molecule is CCCOc1c(Br)cc(/C=N\Nc2nc(C)cs2)cc1OCC. The minimum Gasteiger partial charge on any atom is -0.490 e. The first kappa shape index (κ1) is 17.7. The minimum absolute atomic E-state index is 0.576. The van der Waals surface area contributed by atoms with Crippen LogP contribution >= 0.6 is 27.3 Å². The summed E-state index contributed by atoms with van der Waals surface area (Å²) in [6.07, 6.45) is 2.67. The number of nitrogens with one attached hydrogen (secondary N) is 1. The Bertz CT molecular complexity index is 673. The Labute approximate surface area is 148 Å². The number of ether oxygens (including phenoxy) is 2. The summed E-state index contributed by atoms with van der Waals surface area (Å²) in [5, 5.41) is 6.96. The number of aryl methyl sites for hydroxylation is 1. The monoisotopic (exact) mass is 397 g/mol. The van der Waals surface area contributed by atoms with Gasteiger partial charge in [-0.25, -0.2) is 4.98 Å². The Morgan fingerprint density at radius 1 is 1.35 bits per heavy atom. The van der Waals surface area contributed by atoms with E-state index in [1.807, 2.05) is 31.4 Å². The van der Waals surface area contributed by atoms with Crippen LogP contribution in [-0.2, 0) is 0 Å². The molecule has 2 aromatic rings. The van der Waals surface area contributed by atoms with Crippen LogP contribution in [0, 0.1) is 6.92 Å². The van der Waals surface area contributed by atoms with Gasteiger partial charge in [-0.2, -0.15) is 5.10 Å². The lowest BCUT2D eigenvalue weighted by Crippen LogP contribution is -2.02. The largest absolute Gasteiger partial charge is 0.490 e. The fourth-order valence-electron chi connectivity index (χ4n) is 1.84. The van der Waals surface area contributed by atoms with Crippen molar-refractivity contribution in [1.82, 2.24) is 4.98 Å². The molecule has 0 atom stereocenters. The van der Waals surface area contributed by atoms with Crippen molar-refractivity contribution in [3.63, 3.8) is 0 Å². The maximum Gasteiger partial charge on any atom is 0.203 e. The van der Waals surface area contributed by atoms with Gasteiger partial charge >= 0.3 is 0 Å². The molecule has 0 amide bonds. The van der Waals surface area contributed by atoms with Crippen molar-refractivity contribution < 1.29 is 9.47 Å². The Kier molecular flexibility index (Phi) is 6.85. The third kappa shape index (κ3) is 5.21. The smallest absolute Gasteiger partial charge is 0.203 e. The zero-order valence-electron chi connectivity index (χ0n) is 13.4. The predicted octanol–water partition coefficient (Wildman–Crippen LogP) is 4.85. The molecule has 0 saturated carbocycles. The molecule has 0 aliphatic rings. The highest BCUT2D eigenvalue weighted by Crippen LogP contribution is 2.36. The third-order valence-corrected chi connectivity index (χ3v) is 4.23. The molecule has 1 aromatic carbocycles. The fourth-order valence-corrected chi connectivity index (χ4v) is 3.05. The lowest BCUT2D eigenvalue weighted by atomic mass is 10.2. The standard InChI is InChI=1S/C16H20BrN3O2S/c1-4-6-22-15-13(17)7-12(8-14(15)21-5-2)9-18-20-16-19-11(3)10-23-16/h7-10H,4-6H2,1-3H3,(H,19,20)/b18-9-. The van der Waals surface area contributed by atoms with Gasteiger partial charge in [-0.3, -0.25) is 5.43 Å². The average molecular weight is 398 g/mol. The molecule has 7 heteroatoms. The molecule has 0 unspecified atom stereocenters. The first-order valence-corrected chi connectivity index (χ1v) is 9.11. The molecule has 0 fully saturated rings. The number of rotatable bonds is 8. The van der Waals surface area contributed by atoms with E-state index in [4.69, 9.17) is 9.47 Å². The Balaban J connectivity index is 2.15. The van der Waals surface area contributed by atoms with E-state index < -0.39 is 0 Å². The molecule has 0 radical (unpaired) electrons. The molecule has 1 heterocycles. The van der Waals surface area contributed by atoms with Crippen LogP contribution in [0.25, 0.3) is 0 Å². The second kappa shape index (κ2) is 8.88. The van der Waals surface area contributed by atoms with Gasteiger partial charge < -0.3 is 9.47 Å². The van der Waals surface area contributed by atoms with Crippen LogP contribution < -0.4 is 14.9 Å². The summed E-state index contributed by atoms with van der Waals surface area (Å²) in [6, 6.07) is 3.86. The molecular formula is C16H20BrN3O2S. The summed E-state index contributed by atoms with van der Waals surface area (Å²) in [5.41, 5.74) is 4.81. The van der Waals surface area contributed by atoms with Crippen LogP contribution in [-0.4, -0.2) is 24.4 Å². The normalized spacial score (nSPS) is 11.0. The molecule has 1 aromatic heterocycles. The van der Waals surface area contributed by atoms with E-state index in [2.05, 4.69) is 38.4 Å². The summed E-state index contributed by atoms with van der Waals surface area (Å²) in [4.78, 5) is 4.29. The van der Waals surface area contributed by atoms with Gasteiger partial charge in [0.05, 0.1) is 29.6 Å². The number of benzene rings is 1. The number of thiazole rings is 1. The highest BCUT2D eigenvalue weighted by Gasteiger charge is 2.11. The summed E-state index contributed by atoms with van der Waals surface area (Å²) < 4.78 is 12.3. The molecule has 1 N–H and O–H groups in total. The minimum atomic E-state index is 0.576. The first-order chi connectivity index (χ1) is 11.1. The molecule has 0 bridgehead atoms. The second-order valence-electron chi connectivity index (χ2n) is 4.78. The fraction of sp³-hybridized carbons (Fsp3) is 0.375. The molecule has 5 nitrogen and oxygen atoms in total. The number of anilines is 1. The van der Waals surface area contributed by atoms with Gasteiger partial charge in [0, 0.05) is 5.38 Å². The summed E-state index contributed by atoms with van der Waals surface area (Å²) in [7, 11) is 0. The number of aromatic nitrogens is 1. The summed E-state index contributed by atoms with van der Waals surface area (Å²) in [5.74, 6) is 1.44. The number of hydrazone groups is 1. The zero-order chi connectivity index (χ0) is 16.7. The molecule has 0 saturated heterocycles. The van der Waals surface area contributed by atoms with E-state index in [0.717, 1.165) is 33.0 Å². The molecule has 0 aliphatic heterocycles. The number of halogens is 1. The van der Waals surface area contributed by atoms with Crippen LogP contribution in [0.3, 0.4) is 0 Å². The second-order valence-corrected chi connectivity index (χ2v) is 6.49. The maximum absolute atomic E-state index is 5.76. The predicted molar refractivity (Wildman–Crippen MR) is 99.2 cm³/mol. The summed E-state index contributed by atoms with van der Waals surface area (Å²) >= 11 is 5.06. The quantitative estimate of drug-likeness (QED) is 0.510. The first-order valence-electron chi connectivity index (χ1n) is 7.44. The van der Waals surface area contributed by atoms with Crippen LogP contribution in [0.2, 0.25) is 0 Å². The van der Waals surface area contributed by atoms with Gasteiger partial charge in [-0.15, -0.1) is 11.3 Å². The highest BCUT2D eigenvalue weighted by atomic mass is 79.9. The molecule has 23 heavy (non-hydrogen) atoms. The Hall–Kier alpha value is -1.60. The maximum atomic E-state index is 5.76. The van der Waals surface area contributed by atoms with Crippen molar-refractivity contribution in [3.8, 4) is 11.5 Å². The van der Waals surface area contributed by atoms with Crippen LogP contribution in [0.1, 0.15) is 31.5 Å². The highest BCUT2D eigenvalue weighted by molar-refractivity contribution is 9.10. The van der Waals surface area contributed by atoms with Crippen LogP contribution in [0.15, 0.2) is 27.1 Å². The molecule has 0 spiro atoms. The van der Waals surface area contributed by atoms with Gasteiger partial charge in [0.15, 0.2) is 11.5 Å². The number of hydrogen-bond acceptors (Lipinski definition) is 6. The van der Waals surface area contributed by atoms with Gasteiger partial charge in [-0.05, 0) is 53.9 Å². The van der Waals surface area contributed by atoms with E-state index in [1.54, 1.807) is 6.21 Å².